The summed E-state index contributed by atoms with van der Waals surface area (Å²) in [5.41, 5.74) is 2.02. The molecule has 0 atom stereocenters. The Balaban J connectivity index is 2.25. The lowest BCUT2D eigenvalue weighted by atomic mass is 10.2. The predicted molar refractivity (Wildman–Crippen MR) is 75.6 cm³/mol. The molecule has 19 heavy (non-hydrogen) atoms. The van der Waals surface area contributed by atoms with E-state index in [4.69, 9.17) is 0 Å². The third kappa shape index (κ3) is 2.14. The van der Waals surface area contributed by atoms with Gasteiger partial charge in [-0.3, -0.25) is 0 Å². The molecule has 0 bridgehead atoms. The molecule has 0 amide bonds. The van der Waals surface area contributed by atoms with Crippen molar-refractivity contribution in [1.82, 2.24) is 19.7 Å². The van der Waals surface area contributed by atoms with Crippen molar-refractivity contribution >= 4 is 16.9 Å². The van der Waals surface area contributed by atoms with Crippen LogP contribution in [0.25, 0.3) is 16.7 Å². The highest BCUT2D eigenvalue weighted by atomic mass is 15.3. The van der Waals surface area contributed by atoms with E-state index in [0.717, 1.165) is 28.8 Å². The maximum absolute atomic E-state index is 4.55. The number of hydrogen-bond acceptors (Lipinski definition) is 4. The third-order valence-electron chi connectivity index (χ3n) is 2.85. The molecule has 0 saturated carbocycles. The molecule has 3 aromatic rings. The zero-order valence-electron chi connectivity index (χ0n) is 11.0. The van der Waals surface area contributed by atoms with Gasteiger partial charge in [0.25, 0.3) is 0 Å². The van der Waals surface area contributed by atoms with Gasteiger partial charge in [-0.15, -0.1) is 0 Å². The molecule has 3 rings (SSSR count). The van der Waals surface area contributed by atoms with E-state index in [1.165, 1.54) is 0 Å². The van der Waals surface area contributed by atoms with Gasteiger partial charge in [0, 0.05) is 18.1 Å². The maximum Gasteiger partial charge on any atom is 0.225 e. The minimum absolute atomic E-state index is 0.629. The van der Waals surface area contributed by atoms with Crippen LogP contribution in [0.1, 0.15) is 12.5 Å². The zero-order chi connectivity index (χ0) is 13.2. The van der Waals surface area contributed by atoms with Gasteiger partial charge < -0.3 is 5.32 Å². The van der Waals surface area contributed by atoms with Crippen LogP contribution in [0, 0.1) is 6.92 Å². The maximum atomic E-state index is 4.55. The second-order valence-corrected chi connectivity index (χ2v) is 4.38. The van der Waals surface area contributed by atoms with Gasteiger partial charge in [-0.2, -0.15) is 10.1 Å². The molecule has 0 saturated heterocycles. The number of benzene rings is 1. The summed E-state index contributed by atoms with van der Waals surface area (Å²) in [5, 5.41) is 8.48. The summed E-state index contributed by atoms with van der Waals surface area (Å²) in [6.45, 7) is 4.82. The van der Waals surface area contributed by atoms with Crippen molar-refractivity contribution in [2.75, 3.05) is 11.9 Å². The average molecular weight is 253 g/mol. The van der Waals surface area contributed by atoms with Crippen molar-refractivity contribution in [3.8, 4) is 5.82 Å². The number of fused-ring (bicyclic) bond motifs is 1. The summed E-state index contributed by atoms with van der Waals surface area (Å²) in [6.07, 6.45) is 3.79. The fraction of sp³-hybridized carbons (Fsp3) is 0.214. The number of para-hydroxylation sites is 1. The number of aromatic nitrogens is 4. The fourth-order valence-electron chi connectivity index (χ4n) is 2.00. The van der Waals surface area contributed by atoms with Crippen molar-refractivity contribution < 1.29 is 0 Å². The molecule has 5 heteroatoms. The predicted octanol–water partition coefficient (Wildman–Crippen LogP) is 2.56. The van der Waals surface area contributed by atoms with Gasteiger partial charge in [0.05, 0.1) is 11.7 Å². The Morgan fingerprint density at radius 2 is 2.05 bits per heavy atom. The first-order chi connectivity index (χ1) is 9.28. The van der Waals surface area contributed by atoms with Crippen LogP contribution in [0.4, 0.5) is 5.95 Å². The highest BCUT2D eigenvalue weighted by molar-refractivity contribution is 5.86. The van der Waals surface area contributed by atoms with Crippen LogP contribution in [0.5, 0.6) is 0 Å². The Kier molecular flexibility index (Phi) is 2.87. The Morgan fingerprint density at radius 1 is 1.21 bits per heavy atom. The van der Waals surface area contributed by atoms with Gasteiger partial charge in [-0.1, -0.05) is 12.1 Å². The summed E-state index contributed by atoms with van der Waals surface area (Å²) in [5.74, 6) is 1.43. The standard InChI is InChI=1S/C14H15N5/c1-3-15-14-17-12-7-5-4-6-11(12)13(18-14)19-9-10(2)8-16-19/h4-9H,3H2,1-2H3,(H,15,17,18). The second-order valence-electron chi connectivity index (χ2n) is 4.38. The van der Waals surface area contributed by atoms with E-state index in [-0.39, 0.29) is 0 Å². The van der Waals surface area contributed by atoms with Crippen LogP contribution in [0.15, 0.2) is 36.7 Å². The lowest BCUT2D eigenvalue weighted by Gasteiger charge is -2.08. The molecule has 0 radical (unpaired) electrons. The van der Waals surface area contributed by atoms with E-state index in [1.807, 2.05) is 50.5 Å². The topological polar surface area (TPSA) is 55.6 Å². The quantitative estimate of drug-likeness (QED) is 0.779. The molecule has 96 valence electrons. The summed E-state index contributed by atoms with van der Waals surface area (Å²) in [4.78, 5) is 9.05. The van der Waals surface area contributed by atoms with Gasteiger partial charge in [-0.25, -0.2) is 9.67 Å². The van der Waals surface area contributed by atoms with Crippen LogP contribution >= 0.6 is 0 Å². The van der Waals surface area contributed by atoms with E-state index in [1.54, 1.807) is 4.68 Å². The molecule has 2 heterocycles. The number of hydrogen-bond donors (Lipinski definition) is 1. The number of nitrogens with zero attached hydrogens (tertiary/aromatic N) is 4. The molecule has 1 N–H and O–H groups in total. The highest BCUT2D eigenvalue weighted by Gasteiger charge is 2.09. The first-order valence-electron chi connectivity index (χ1n) is 6.30. The van der Waals surface area contributed by atoms with Crippen molar-refractivity contribution in [2.45, 2.75) is 13.8 Å². The molecule has 1 aromatic carbocycles. The molecule has 0 spiro atoms. The molecule has 0 aliphatic carbocycles. The van der Waals surface area contributed by atoms with Crippen molar-refractivity contribution in [3.63, 3.8) is 0 Å². The second kappa shape index (κ2) is 4.68. The van der Waals surface area contributed by atoms with Crippen molar-refractivity contribution in [1.29, 1.82) is 0 Å². The monoisotopic (exact) mass is 253 g/mol. The van der Waals surface area contributed by atoms with E-state index in [2.05, 4.69) is 20.4 Å². The number of nitrogens with one attached hydrogen (secondary N) is 1. The lowest BCUT2D eigenvalue weighted by molar-refractivity contribution is 0.850. The van der Waals surface area contributed by atoms with Crippen LogP contribution in [-0.4, -0.2) is 26.3 Å². The summed E-state index contributed by atoms with van der Waals surface area (Å²) < 4.78 is 1.79. The molecule has 0 fully saturated rings. The molecule has 0 aliphatic rings. The SMILES string of the molecule is CCNc1nc(-n2cc(C)cn2)c2ccccc2n1. The van der Waals surface area contributed by atoms with E-state index < -0.39 is 0 Å². The minimum atomic E-state index is 0.629. The van der Waals surface area contributed by atoms with Crippen LogP contribution in [-0.2, 0) is 0 Å². The first kappa shape index (κ1) is 11.6. The van der Waals surface area contributed by atoms with E-state index >= 15 is 0 Å². The Hall–Kier alpha value is -2.43. The molecule has 2 aromatic heterocycles. The highest BCUT2D eigenvalue weighted by Crippen LogP contribution is 2.20. The largest absolute Gasteiger partial charge is 0.354 e. The van der Waals surface area contributed by atoms with Crippen LogP contribution in [0.3, 0.4) is 0 Å². The summed E-state index contributed by atoms with van der Waals surface area (Å²) in [6, 6.07) is 7.96. The number of aryl methyl sites for hydroxylation is 1. The first-order valence-corrected chi connectivity index (χ1v) is 6.30. The van der Waals surface area contributed by atoms with Gasteiger partial charge in [0.2, 0.25) is 5.95 Å². The number of rotatable bonds is 3. The van der Waals surface area contributed by atoms with E-state index in [9.17, 15) is 0 Å². The molecule has 0 unspecified atom stereocenters. The average Bonchev–Trinajstić information content (AvgIpc) is 2.85. The van der Waals surface area contributed by atoms with Gasteiger partial charge in [0.15, 0.2) is 5.82 Å². The lowest BCUT2D eigenvalue weighted by Crippen LogP contribution is -2.07. The smallest absolute Gasteiger partial charge is 0.225 e. The van der Waals surface area contributed by atoms with Gasteiger partial charge >= 0.3 is 0 Å². The van der Waals surface area contributed by atoms with Crippen molar-refractivity contribution in [3.05, 3.63) is 42.2 Å². The zero-order valence-corrected chi connectivity index (χ0v) is 11.0. The Morgan fingerprint density at radius 3 is 2.79 bits per heavy atom. The summed E-state index contributed by atoms with van der Waals surface area (Å²) >= 11 is 0. The minimum Gasteiger partial charge on any atom is -0.354 e. The third-order valence-corrected chi connectivity index (χ3v) is 2.85. The molecule has 0 aliphatic heterocycles. The summed E-state index contributed by atoms with van der Waals surface area (Å²) in [7, 11) is 0. The normalized spacial score (nSPS) is 10.8. The molecular weight excluding hydrogens is 238 g/mol. The van der Waals surface area contributed by atoms with Gasteiger partial charge in [-0.05, 0) is 31.5 Å². The van der Waals surface area contributed by atoms with Crippen LogP contribution in [0.2, 0.25) is 0 Å². The fourth-order valence-corrected chi connectivity index (χ4v) is 2.00. The van der Waals surface area contributed by atoms with Crippen molar-refractivity contribution in [2.24, 2.45) is 0 Å². The number of anilines is 1. The molecular formula is C14H15N5. The Bertz CT molecular complexity index is 717. The Labute approximate surface area is 111 Å². The van der Waals surface area contributed by atoms with E-state index in [0.29, 0.717) is 5.95 Å². The van der Waals surface area contributed by atoms with Gasteiger partial charge in [0.1, 0.15) is 0 Å². The molecule has 5 nitrogen and oxygen atoms in total. The van der Waals surface area contributed by atoms with Crippen LogP contribution < -0.4 is 5.32 Å².